The fourth-order valence-corrected chi connectivity index (χ4v) is 6.83. The van der Waals surface area contributed by atoms with Crippen molar-refractivity contribution in [3.8, 4) is 22.3 Å². The molecule has 0 fully saturated rings. The monoisotopic (exact) mass is 588 g/mol. The largest absolute Gasteiger partial charge is 0.454 e. The molecule has 0 radical (unpaired) electrons. The molecule has 3 heteroatoms. The van der Waals surface area contributed by atoms with Crippen LogP contribution in [0.3, 0.4) is 0 Å². The maximum Gasteiger partial charge on any atom is 0.153 e. The molecule has 9 rings (SSSR count). The van der Waals surface area contributed by atoms with E-state index in [0.29, 0.717) is 0 Å². The van der Waals surface area contributed by atoms with Gasteiger partial charge in [-0.15, -0.1) is 0 Å². The summed E-state index contributed by atoms with van der Waals surface area (Å²) in [6.45, 7) is 0. The van der Waals surface area contributed by atoms with Crippen LogP contribution in [0.2, 0.25) is 0 Å². The number of benzene rings is 7. The zero-order chi connectivity index (χ0) is 30.5. The van der Waals surface area contributed by atoms with E-state index in [0.717, 1.165) is 39.1 Å². The van der Waals surface area contributed by atoms with Gasteiger partial charge in [-0.2, -0.15) is 0 Å². The van der Waals surface area contributed by atoms with Crippen molar-refractivity contribution in [3.05, 3.63) is 170 Å². The molecule has 0 amide bonds. The van der Waals surface area contributed by atoms with Crippen LogP contribution in [-0.4, -0.2) is 4.98 Å². The van der Waals surface area contributed by atoms with Crippen LogP contribution in [0.5, 0.6) is 0 Å². The number of furan rings is 1. The highest BCUT2D eigenvalue weighted by Crippen LogP contribution is 2.46. The number of rotatable bonds is 5. The van der Waals surface area contributed by atoms with Crippen LogP contribution in [0, 0.1) is 0 Å². The van der Waals surface area contributed by atoms with Gasteiger partial charge in [-0.05, 0) is 69.4 Å². The lowest BCUT2D eigenvalue weighted by molar-refractivity contribution is 0.668. The molecule has 0 saturated carbocycles. The molecule has 0 aliphatic rings. The van der Waals surface area contributed by atoms with Gasteiger partial charge in [-0.25, -0.2) is 0 Å². The predicted octanol–water partition coefficient (Wildman–Crippen LogP) is 12.1. The molecule has 7 aromatic carbocycles. The first-order valence-corrected chi connectivity index (χ1v) is 15.6. The van der Waals surface area contributed by atoms with E-state index in [2.05, 4.69) is 162 Å². The van der Waals surface area contributed by atoms with Crippen molar-refractivity contribution in [2.45, 2.75) is 0 Å². The first kappa shape index (κ1) is 26.2. The van der Waals surface area contributed by atoms with Crippen molar-refractivity contribution >= 4 is 60.7 Å². The van der Waals surface area contributed by atoms with Crippen LogP contribution in [-0.2, 0) is 0 Å². The number of fused-ring (bicyclic) bond motifs is 5. The Labute approximate surface area is 266 Å². The lowest BCUT2D eigenvalue weighted by atomic mass is 9.94. The molecule has 46 heavy (non-hydrogen) atoms. The summed E-state index contributed by atoms with van der Waals surface area (Å²) in [4.78, 5) is 6.99. The van der Waals surface area contributed by atoms with E-state index in [1.165, 1.54) is 43.8 Å². The minimum Gasteiger partial charge on any atom is -0.454 e. The Bertz CT molecular complexity index is 2410. The van der Waals surface area contributed by atoms with Gasteiger partial charge >= 0.3 is 0 Å². The lowest BCUT2D eigenvalue weighted by Crippen LogP contribution is -2.11. The Morgan fingerprint density at radius 1 is 0.413 bits per heavy atom. The smallest absolute Gasteiger partial charge is 0.153 e. The van der Waals surface area contributed by atoms with Gasteiger partial charge in [0.15, 0.2) is 5.58 Å². The maximum absolute atomic E-state index is 6.35. The number of nitrogens with zero attached hydrogens (tertiary/aromatic N) is 2. The molecular formula is C43H28N2O. The molecule has 0 spiro atoms. The van der Waals surface area contributed by atoms with Gasteiger partial charge in [-0.3, -0.25) is 4.98 Å². The Balaban J connectivity index is 1.34. The first-order valence-electron chi connectivity index (χ1n) is 15.6. The van der Waals surface area contributed by atoms with Crippen LogP contribution in [0.25, 0.3) is 65.9 Å². The van der Waals surface area contributed by atoms with Gasteiger partial charge in [0.2, 0.25) is 0 Å². The summed E-state index contributed by atoms with van der Waals surface area (Å²) in [6, 6.07) is 58.1. The molecule has 0 atom stereocenters. The fraction of sp³-hybridized carbons (Fsp3) is 0. The second-order valence-electron chi connectivity index (χ2n) is 11.6. The zero-order valence-corrected chi connectivity index (χ0v) is 25.0. The van der Waals surface area contributed by atoms with Gasteiger partial charge in [0, 0.05) is 34.1 Å². The lowest BCUT2D eigenvalue weighted by Gasteiger charge is -2.29. The third kappa shape index (κ3) is 4.25. The molecule has 2 aromatic heterocycles. The van der Waals surface area contributed by atoms with Gasteiger partial charge in [0.05, 0.1) is 11.4 Å². The predicted molar refractivity (Wildman–Crippen MR) is 192 cm³/mol. The van der Waals surface area contributed by atoms with E-state index >= 15 is 0 Å². The molecule has 0 aliphatic carbocycles. The SMILES string of the molecule is c1ccc(-c2ccc(N(c3ccc4c(c3)oc3cccnc34)c3ccc(-c4ccccc4)c4ccccc34)c3ccccc23)cc1. The number of aromatic nitrogens is 1. The summed E-state index contributed by atoms with van der Waals surface area (Å²) < 4.78 is 6.35. The quantitative estimate of drug-likeness (QED) is 0.200. The van der Waals surface area contributed by atoms with Crippen molar-refractivity contribution in [2.75, 3.05) is 4.90 Å². The van der Waals surface area contributed by atoms with E-state index < -0.39 is 0 Å². The minimum atomic E-state index is 0.788. The molecule has 216 valence electrons. The second kappa shape index (κ2) is 10.8. The van der Waals surface area contributed by atoms with Crippen molar-refractivity contribution in [1.82, 2.24) is 4.98 Å². The molecule has 0 unspecified atom stereocenters. The van der Waals surface area contributed by atoms with Gasteiger partial charge in [0.25, 0.3) is 0 Å². The van der Waals surface area contributed by atoms with Crippen molar-refractivity contribution in [3.63, 3.8) is 0 Å². The van der Waals surface area contributed by atoms with E-state index in [1.54, 1.807) is 0 Å². The van der Waals surface area contributed by atoms with Crippen LogP contribution in [0.4, 0.5) is 17.1 Å². The molecule has 0 aliphatic heterocycles. The van der Waals surface area contributed by atoms with E-state index in [4.69, 9.17) is 4.42 Å². The number of anilines is 3. The van der Waals surface area contributed by atoms with Gasteiger partial charge < -0.3 is 9.32 Å². The molecule has 2 heterocycles. The number of pyridine rings is 1. The highest BCUT2D eigenvalue weighted by Gasteiger charge is 2.21. The average molecular weight is 589 g/mol. The molecule has 0 N–H and O–H groups in total. The standard InChI is InChI=1S/C43H28N2O/c1-3-12-29(13-4-1)32-23-25-39(36-18-9-7-16-34(32)36)45(31-21-22-38-42(28-31)46-41-20-11-27-44-43(38)41)40-26-24-33(30-14-5-2-6-15-30)35-17-8-10-19-37(35)40/h1-28H. The second-order valence-corrected chi connectivity index (χ2v) is 11.6. The third-order valence-corrected chi connectivity index (χ3v) is 8.92. The average Bonchev–Trinajstić information content (AvgIpc) is 3.50. The Hall–Kier alpha value is -6.19. The van der Waals surface area contributed by atoms with Crippen LogP contribution in [0.1, 0.15) is 0 Å². The summed E-state index contributed by atoms with van der Waals surface area (Å²) >= 11 is 0. The van der Waals surface area contributed by atoms with Crippen molar-refractivity contribution in [2.24, 2.45) is 0 Å². The number of hydrogen-bond donors (Lipinski definition) is 0. The molecule has 0 saturated heterocycles. The highest BCUT2D eigenvalue weighted by molar-refractivity contribution is 6.12. The normalized spacial score (nSPS) is 11.5. The Morgan fingerprint density at radius 2 is 0.957 bits per heavy atom. The van der Waals surface area contributed by atoms with E-state index in [1.807, 2.05) is 18.3 Å². The first-order chi connectivity index (χ1) is 22.8. The van der Waals surface area contributed by atoms with Gasteiger partial charge in [-0.1, -0.05) is 121 Å². The van der Waals surface area contributed by atoms with Gasteiger partial charge in [0.1, 0.15) is 11.1 Å². The molecule has 3 nitrogen and oxygen atoms in total. The third-order valence-electron chi connectivity index (χ3n) is 8.92. The van der Waals surface area contributed by atoms with Crippen molar-refractivity contribution < 1.29 is 4.42 Å². The fourth-order valence-electron chi connectivity index (χ4n) is 6.83. The molecule has 0 bridgehead atoms. The molecular weight excluding hydrogens is 560 g/mol. The van der Waals surface area contributed by atoms with Crippen molar-refractivity contribution in [1.29, 1.82) is 0 Å². The van der Waals surface area contributed by atoms with Crippen LogP contribution in [0.15, 0.2) is 174 Å². The maximum atomic E-state index is 6.35. The molecule has 9 aromatic rings. The van der Waals surface area contributed by atoms with Crippen LogP contribution < -0.4 is 4.90 Å². The Morgan fingerprint density at radius 3 is 1.54 bits per heavy atom. The van der Waals surface area contributed by atoms with E-state index in [9.17, 15) is 0 Å². The van der Waals surface area contributed by atoms with E-state index in [-0.39, 0.29) is 0 Å². The Kier molecular flexibility index (Phi) is 6.14. The number of hydrogen-bond acceptors (Lipinski definition) is 3. The summed E-state index contributed by atoms with van der Waals surface area (Å²) in [7, 11) is 0. The topological polar surface area (TPSA) is 29.3 Å². The summed E-state index contributed by atoms with van der Waals surface area (Å²) in [5, 5.41) is 5.76. The summed E-state index contributed by atoms with van der Waals surface area (Å²) in [5.74, 6) is 0. The minimum absolute atomic E-state index is 0.788. The summed E-state index contributed by atoms with van der Waals surface area (Å²) in [5.41, 5.74) is 10.5. The zero-order valence-electron chi connectivity index (χ0n) is 25.0. The highest BCUT2D eigenvalue weighted by atomic mass is 16.3. The summed E-state index contributed by atoms with van der Waals surface area (Å²) in [6.07, 6.45) is 1.82. The van der Waals surface area contributed by atoms with Crippen LogP contribution >= 0.6 is 0 Å².